The molecule has 0 unspecified atom stereocenters. The number of esters is 1. The molecule has 4 rings (SSSR count). The van der Waals surface area contributed by atoms with E-state index in [1.807, 2.05) is 30.3 Å². The van der Waals surface area contributed by atoms with E-state index in [2.05, 4.69) is 0 Å². The molecule has 1 saturated carbocycles. The summed E-state index contributed by atoms with van der Waals surface area (Å²) in [6.45, 7) is 5.53. The average Bonchev–Trinajstić information content (AvgIpc) is 2.58. The van der Waals surface area contributed by atoms with Gasteiger partial charge in [-0.3, -0.25) is 4.90 Å². The Labute approximate surface area is 154 Å². The third-order valence-electron chi connectivity index (χ3n) is 5.01. The van der Waals surface area contributed by atoms with Gasteiger partial charge in [0, 0.05) is 12.0 Å². The lowest BCUT2D eigenvalue weighted by atomic mass is 9.73. The smallest absolute Gasteiger partial charge is 0.411 e. The van der Waals surface area contributed by atoms with Crippen LogP contribution in [0, 0.1) is 5.92 Å². The van der Waals surface area contributed by atoms with Crippen molar-refractivity contribution in [2.75, 3.05) is 0 Å². The molecule has 1 aromatic carbocycles. The third kappa shape index (κ3) is 4.01. The van der Waals surface area contributed by atoms with Crippen molar-refractivity contribution < 1.29 is 24.2 Å². The second-order valence-corrected chi connectivity index (χ2v) is 8.12. The van der Waals surface area contributed by atoms with Crippen molar-refractivity contribution >= 4 is 12.1 Å². The van der Waals surface area contributed by atoms with Crippen LogP contribution in [0.4, 0.5) is 4.79 Å². The summed E-state index contributed by atoms with van der Waals surface area (Å²) < 4.78 is 11.0. The third-order valence-corrected chi connectivity index (χ3v) is 5.01. The average molecular weight is 361 g/mol. The van der Waals surface area contributed by atoms with Crippen LogP contribution in [0.15, 0.2) is 30.3 Å². The van der Waals surface area contributed by atoms with Gasteiger partial charge in [0.1, 0.15) is 18.2 Å². The van der Waals surface area contributed by atoms with E-state index in [9.17, 15) is 14.7 Å². The molecule has 3 fully saturated rings. The highest BCUT2D eigenvalue weighted by Crippen LogP contribution is 2.41. The Morgan fingerprint density at radius 1 is 1.19 bits per heavy atom. The molecule has 2 bridgehead atoms. The zero-order chi connectivity index (χ0) is 18.9. The lowest BCUT2D eigenvalue weighted by Gasteiger charge is -2.51. The van der Waals surface area contributed by atoms with Gasteiger partial charge < -0.3 is 14.6 Å². The topological polar surface area (TPSA) is 76.1 Å². The molecule has 0 spiro atoms. The largest absolute Gasteiger partial charge is 0.459 e. The van der Waals surface area contributed by atoms with E-state index in [1.54, 1.807) is 20.8 Å². The van der Waals surface area contributed by atoms with Crippen LogP contribution < -0.4 is 0 Å². The number of hydrogen-bond acceptors (Lipinski definition) is 5. The molecule has 2 heterocycles. The minimum absolute atomic E-state index is 0.145. The number of piperidine rings is 2. The van der Waals surface area contributed by atoms with Gasteiger partial charge in [-0.2, -0.15) is 0 Å². The first kappa shape index (κ1) is 18.7. The highest BCUT2D eigenvalue weighted by molar-refractivity contribution is 5.83. The van der Waals surface area contributed by atoms with Crippen LogP contribution >= 0.6 is 0 Å². The van der Waals surface area contributed by atoms with Crippen molar-refractivity contribution in [3.63, 3.8) is 0 Å². The zero-order valence-electron chi connectivity index (χ0n) is 15.6. The van der Waals surface area contributed by atoms with E-state index < -0.39 is 29.8 Å². The summed E-state index contributed by atoms with van der Waals surface area (Å²) in [7, 11) is 0. The predicted octanol–water partition coefficient (Wildman–Crippen LogP) is 2.88. The number of aliphatic hydroxyl groups is 1. The maximum atomic E-state index is 12.8. The fourth-order valence-electron chi connectivity index (χ4n) is 3.88. The molecule has 1 N–H and O–H groups in total. The molecule has 1 aromatic rings. The van der Waals surface area contributed by atoms with Gasteiger partial charge in [0.05, 0.1) is 6.10 Å². The van der Waals surface area contributed by atoms with Crippen molar-refractivity contribution in [3.05, 3.63) is 35.9 Å². The number of nitrogens with zero attached hydrogens (tertiary/aromatic N) is 1. The number of aliphatic hydroxyl groups excluding tert-OH is 1. The van der Waals surface area contributed by atoms with E-state index >= 15 is 0 Å². The monoisotopic (exact) mass is 361 g/mol. The molecule has 1 amide bonds. The van der Waals surface area contributed by atoms with Gasteiger partial charge in [0.2, 0.25) is 0 Å². The van der Waals surface area contributed by atoms with E-state index in [0.717, 1.165) is 12.0 Å². The molecule has 0 radical (unpaired) electrons. The van der Waals surface area contributed by atoms with E-state index in [4.69, 9.17) is 9.47 Å². The number of carbonyl (C=O) groups is 2. The van der Waals surface area contributed by atoms with Crippen molar-refractivity contribution in [3.8, 4) is 0 Å². The second-order valence-electron chi connectivity index (χ2n) is 8.12. The molecule has 6 heteroatoms. The van der Waals surface area contributed by atoms with Crippen LogP contribution in [0.25, 0.3) is 0 Å². The number of amides is 1. The van der Waals surface area contributed by atoms with Crippen LogP contribution in [0.1, 0.15) is 45.6 Å². The molecule has 1 aliphatic carbocycles. The maximum absolute atomic E-state index is 12.8. The summed E-state index contributed by atoms with van der Waals surface area (Å²) in [5.74, 6) is -0.788. The summed E-state index contributed by atoms with van der Waals surface area (Å²) in [5, 5.41) is 10.3. The van der Waals surface area contributed by atoms with Crippen LogP contribution in [0.2, 0.25) is 0 Å². The summed E-state index contributed by atoms with van der Waals surface area (Å²) in [4.78, 5) is 27.0. The van der Waals surface area contributed by atoms with Crippen molar-refractivity contribution in [2.45, 2.75) is 70.4 Å². The standard InChI is InChI=1S/C20H27NO5/c1-20(2,3)26-19(24)21-14-9-10-15(16(22)11-14)17(21)18(23)25-12-13-7-5-4-6-8-13/h4-8,14-17,22H,9-12H2,1-3H3/t14-,15+,16+,17-/m0/s1. The van der Waals surface area contributed by atoms with Gasteiger partial charge in [0.15, 0.2) is 0 Å². The molecule has 4 atom stereocenters. The lowest BCUT2D eigenvalue weighted by Crippen LogP contribution is -2.65. The maximum Gasteiger partial charge on any atom is 0.411 e. The van der Waals surface area contributed by atoms with Gasteiger partial charge in [0.25, 0.3) is 0 Å². The molecule has 0 aromatic heterocycles. The molecular weight excluding hydrogens is 334 g/mol. The predicted molar refractivity (Wildman–Crippen MR) is 95.2 cm³/mol. The van der Waals surface area contributed by atoms with Crippen LogP contribution in [-0.4, -0.2) is 45.9 Å². The van der Waals surface area contributed by atoms with Gasteiger partial charge in [-0.15, -0.1) is 0 Å². The Hall–Kier alpha value is -2.08. The van der Waals surface area contributed by atoms with Crippen LogP contribution in [0.3, 0.4) is 0 Å². The molecule has 3 aliphatic rings. The van der Waals surface area contributed by atoms with Crippen molar-refractivity contribution in [2.24, 2.45) is 5.92 Å². The molecular formula is C20H27NO5. The number of benzene rings is 1. The van der Waals surface area contributed by atoms with Gasteiger partial charge in [-0.25, -0.2) is 9.59 Å². The normalized spacial score (nSPS) is 27.9. The number of ether oxygens (including phenoxy) is 2. The highest BCUT2D eigenvalue weighted by atomic mass is 16.6. The Bertz CT molecular complexity index is 654. The number of hydrogen-bond donors (Lipinski definition) is 1. The fraction of sp³-hybridized carbons (Fsp3) is 0.600. The van der Waals surface area contributed by atoms with E-state index in [-0.39, 0.29) is 18.6 Å². The van der Waals surface area contributed by atoms with E-state index in [1.165, 1.54) is 4.90 Å². The van der Waals surface area contributed by atoms with Gasteiger partial charge in [-0.1, -0.05) is 30.3 Å². The first-order chi connectivity index (χ1) is 12.3. The van der Waals surface area contributed by atoms with Crippen molar-refractivity contribution in [1.29, 1.82) is 0 Å². The first-order valence-corrected chi connectivity index (χ1v) is 9.16. The molecule has 142 valence electrons. The Morgan fingerprint density at radius 2 is 1.88 bits per heavy atom. The Kier molecular flexibility index (Phi) is 5.23. The van der Waals surface area contributed by atoms with Gasteiger partial charge in [-0.05, 0) is 45.6 Å². The summed E-state index contributed by atoms with van der Waals surface area (Å²) in [5.41, 5.74) is 0.233. The number of fused-ring (bicyclic) bond motifs is 3. The summed E-state index contributed by atoms with van der Waals surface area (Å²) >= 11 is 0. The molecule has 2 aliphatic heterocycles. The lowest BCUT2D eigenvalue weighted by molar-refractivity contribution is -0.167. The van der Waals surface area contributed by atoms with Crippen LogP contribution in [0.5, 0.6) is 0 Å². The summed E-state index contributed by atoms with van der Waals surface area (Å²) in [6.07, 6.45) is 0.842. The van der Waals surface area contributed by atoms with Gasteiger partial charge >= 0.3 is 12.1 Å². The van der Waals surface area contributed by atoms with E-state index in [0.29, 0.717) is 12.8 Å². The minimum atomic E-state index is -0.795. The highest BCUT2D eigenvalue weighted by Gasteiger charge is 2.53. The summed E-state index contributed by atoms with van der Waals surface area (Å²) in [6, 6.07) is 8.41. The quantitative estimate of drug-likeness (QED) is 0.838. The first-order valence-electron chi connectivity index (χ1n) is 9.16. The molecule has 26 heavy (non-hydrogen) atoms. The number of rotatable bonds is 3. The minimum Gasteiger partial charge on any atom is -0.459 e. The molecule has 2 saturated heterocycles. The van der Waals surface area contributed by atoms with Crippen LogP contribution in [-0.2, 0) is 20.9 Å². The number of carbonyl (C=O) groups excluding carboxylic acids is 2. The van der Waals surface area contributed by atoms with Crippen molar-refractivity contribution in [1.82, 2.24) is 4.90 Å². The molecule has 6 nitrogen and oxygen atoms in total. The Morgan fingerprint density at radius 3 is 2.50 bits per heavy atom. The Balaban J connectivity index is 1.76. The second kappa shape index (κ2) is 7.27. The fourth-order valence-corrected chi connectivity index (χ4v) is 3.88. The zero-order valence-corrected chi connectivity index (χ0v) is 15.6. The SMILES string of the molecule is CC(C)(C)OC(=O)N1[C@H]2CC[C@H]([C@H](O)C2)[C@H]1C(=O)OCc1ccccc1.